The van der Waals surface area contributed by atoms with Gasteiger partial charge in [-0.25, -0.2) is 0 Å². The predicted octanol–water partition coefficient (Wildman–Crippen LogP) is 4.76. The molecular weight excluding hydrogens is 294 g/mol. The minimum absolute atomic E-state index is 0.216. The fourth-order valence-corrected chi connectivity index (χ4v) is 3.34. The molecule has 1 amide bonds. The highest BCUT2D eigenvalue weighted by Crippen LogP contribution is 2.29. The Hall–Kier alpha value is -2.35. The Balaban J connectivity index is 1.81. The zero-order valence-electron chi connectivity index (χ0n) is 14.3. The van der Waals surface area contributed by atoms with Gasteiger partial charge in [0.1, 0.15) is 0 Å². The first kappa shape index (κ1) is 16.5. The lowest BCUT2D eigenvalue weighted by molar-refractivity contribution is -0.126. The summed E-state index contributed by atoms with van der Waals surface area (Å²) < 4.78 is 0. The summed E-state index contributed by atoms with van der Waals surface area (Å²) in [5, 5.41) is 0. The molecule has 2 aromatic rings. The molecule has 1 aliphatic heterocycles. The van der Waals surface area contributed by atoms with Gasteiger partial charge < -0.3 is 4.90 Å². The summed E-state index contributed by atoms with van der Waals surface area (Å²) >= 11 is 0. The summed E-state index contributed by atoms with van der Waals surface area (Å²) in [6.07, 6.45) is 5.99. The first-order valence-corrected chi connectivity index (χ1v) is 8.85. The average Bonchev–Trinajstić information content (AvgIpc) is 2.90. The number of carbonyl (C=O) groups excluding carboxylic acids is 1. The predicted molar refractivity (Wildman–Crippen MR) is 98.5 cm³/mol. The van der Waals surface area contributed by atoms with Gasteiger partial charge in [-0.2, -0.15) is 0 Å². The third kappa shape index (κ3) is 3.94. The van der Waals surface area contributed by atoms with E-state index < -0.39 is 0 Å². The zero-order valence-corrected chi connectivity index (χ0v) is 14.3. The molecule has 3 rings (SSSR count). The van der Waals surface area contributed by atoms with Gasteiger partial charge in [-0.05, 0) is 30.4 Å². The van der Waals surface area contributed by atoms with Gasteiger partial charge in [0, 0.05) is 18.2 Å². The summed E-state index contributed by atoms with van der Waals surface area (Å²) in [7, 11) is 0. The van der Waals surface area contributed by atoms with Gasteiger partial charge >= 0.3 is 0 Å². The summed E-state index contributed by atoms with van der Waals surface area (Å²) in [5.74, 6) is 0.216. The molecule has 2 aromatic carbocycles. The van der Waals surface area contributed by atoms with Crippen molar-refractivity contribution >= 4 is 5.91 Å². The minimum Gasteiger partial charge on any atom is -0.331 e. The number of allylic oxidation sites excluding steroid dienone is 1. The maximum absolute atomic E-state index is 12.9. The Bertz CT molecular complexity index is 690. The van der Waals surface area contributed by atoms with Crippen molar-refractivity contribution in [3.05, 3.63) is 83.4 Å². The number of hydrogen-bond acceptors (Lipinski definition) is 1. The van der Waals surface area contributed by atoms with Gasteiger partial charge in [-0.3, -0.25) is 4.79 Å². The molecule has 0 spiro atoms. The molecule has 2 nitrogen and oxygen atoms in total. The highest BCUT2D eigenvalue weighted by molar-refractivity contribution is 5.96. The number of likely N-dealkylation sites (tertiary alicyclic amines) is 1. The molecule has 1 atom stereocenters. The number of amides is 1. The van der Waals surface area contributed by atoms with Gasteiger partial charge in [0.05, 0.1) is 0 Å². The van der Waals surface area contributed by atoms with E-state index in [0.717, 1.165) is 31.3 Å². The van der Waals surface area contributed by atoms with E-state index in [1.807, 2.05) is 24.3 Å². The third-order valence-electron chi connectivity index (χ3n) is 4.62. The normalized spacial score (nSPS) is 19.2. The number of nitrogens with zero attached hydrogens (tertiary/aromatic N) is 1. The van der Waals surface area contributed by atoms with E-state index in [1.165, 1.54) is 11.1 Å². The van der Waals surface area contributed by atoms with Crippen LogP contribution in [0.15, 0.2) is 72.3 Å². The lowest BCUT2D eigenvalue weighted by Crippen LogP contribution is -2.34. The summed E-state index contributed by atoms with van der Waals surface area (Å²) in [6.45, 7) is 2.85. The topological polar surface area (TPSA) is 20.3 Å². The molecule has 1 fully saturated rings. The number of rotatable bonds is 6. The van der Waals surface area contributed by atoms with Gasteiger partial charge in [0.25, 0.3) is 0 Å². The Morgan fingerprint density at radius 1 is 1.00 bits per heavy atom. The van der Waals surface area contributed by atoms with Gasteiger partial charge in [0.15, 0.2) is 0 Å². The molecule has 0 aromatic heterocycles. The highest BCUT2D eigenvalue weighted by atomic mass is 16.2. The van der Waals surface area contributed by atoms with Crippen molar-refractivity contribution in [3.63, 3.8) is 0 Å². The van der Waals surface area contributed by atoms with Crippen molar-refractivity contribution in [2.75, 3.05) is 0 Å². The second-order valence-electron chi connectivity index (χ2n) is 6.48. The molecule has 0 radical (unpaired) electrons. The fourth-order valence-electron chi connectivity index (χ4n) is 3.34. The molecule has 0 saturated carbocycles. The standard InChI is InChI=1S/C22H25NO/c1-2-3-14-20-16-21(15-18-10-6-4-7-11-18)23(22(20)24)17-19-12-8-5-9-13-19/h4-14,21H,2-3,15-17H2,1H3/b20-14-/t21-/m0/s1. The first-order valence-electron chi connectivity index (χ1n) is 8.85. The van der Waals surface area contributed by atoms with Crippen LogP contribution in [0.3, 0.4) is 0 Å². The molecular formula is C22H25NO. The number of unbranched alkanes of at least 4 members (excludes halogenated alkanes) is 1. The average molecular weight is 319 g/mol. The molecule has 1 heterocycles. The smallest absolute Gasteiger partial charge is 0.250 e. The second kappa shape index (κ2) is 7.96. The fraction of sp³-hybridized carbons (Fsp3) is 0.318. The van der Waals surface area contributed by atoms with Crippen LogP contribution in [0, 0.1) is 0 Å². The molecule has 0 N–H and O–H groups in total. The number of benzene rings is 2. The van der Waals surface area contributed by atoms with E-state index >= 15 is 0 Å². The largest absolute Gasteiger partial charge is 0.331 e. The van der Waals surface area contributed by atoms with Crippen LogP contribution in [0.4, 0.5) is 0 Å². The minimum atomic E-state index is 0.216. The number of carbonyl (C=O) groups is 1. The van der Waals surface area contributed by atoms with Crippen LogP contribution in [-0.4, -0.2) is 16.8 Å². The molecule has 24 heavy (non-hydrogen) atoms. The van der Waals surface area contributed by atoms with Gasteiger partial charge in [-0.1, -0.05) is 80.1 Å². The van der Waals surface area contributed by atoms with Crippen molar-refractivity contribution in [2.24, 2.45) is 0 Å². The number of hydrogen-bond donors (Lipinski definition) is 0. The Morgan fingerprint density at radius 2 is 1.62 bits per heavy atom. The van der Waals surface area contributed by atoms with Crippen LogP contribution >= 0.6 is 0 Å². The highest BCUT2D eigenvalue weighted by Gasteiger charge is 2.34. The van der Waals surface area contributed by atoms with Crippen molar-refractivity contribution < 1.29 is 4.79 Å². The van der Waals surface area contributed by atoms with Crippen LogP contribution in [0.2, 0.25) is 0 Å². The Labute approximate surface area is 144 Å². The maximum Gasteiger partial charge on any atom is 0.250 e. The first-order chi connectivity index (χ1) is 11.8. The molecule has 0 bridgehead atoms. The molecule has 0 unspecified atom stereocenters. The lowest BCUT2D eigenvalue weighted by atomic mass is 10.0. The van der Waals surface area contributed by atoms with Crippen molar-refractivity contribution in [1.29, 1.82) is 0 Å². The van der Waals surface area contributed by atoms with Crippen molar-refractivity contribution in [1.82, 2.24) is 4.90 Å². The zero-order chi connectivity index (χ0) is 16.8. The van der Waals surface area contributed by atoms with Gasteiger partial charge in [-0.15, -0.1) is 0 Å². The van der Waals surface area contributed by atoms with Crippen molar-refractivity contribution in [2.45, 2.75) is 45.2 Å². The van der Waals surface area contributed by atoms with E-state index in [-0.39, 0.29) is 11.9 Å². The molecule has 1 aliphatic rings. The monoisotopic (exact) mass is 319 g/mol. The van der Waals surface area contributed by atoms with Crippen molar-refractivity contribution in [3.8, 4) is 0 Å². The van der Waals surface area contributed by atoms with E-state index in [4.69, 9.17) is 0 Å². The molecule has 0 aliphatic carbocycles. The van der Waals surface area contributed by atoms with Crippen LogP contribution in [0.5, 0.6) is 0 Å². The molecule has 1 saturated heterocycles. The third-order valence-corrected chi connectivity index (χ3v) is 4.62. The second-order valence-corrected chi connectivity index (χ2v) is 6.48. The quantitative estimate of drug-likeness (QED) is 0.703. The summed E-state index contributed by atoms with van der Waals surface area (Å²) in [4.78, 5) is 14.9. The van der Waals surface area contributed by atoms with E-state index in [0.29, 0.717) is 6.54 Å². The Morgan fingerprint density at radius 3 is 2.25 bits per heavy atom. The van der Waals surface area contributed by atoms with E-state index in [9.17, 15) is 4.79 Å². The summed E-state index contributed by atoms with van der Waals surface area (Å²) in [5.41, 5.74) is 3.49. The maximum atomic E-state index is 12.9. The molecule has 2 heteroatoms. The van der Waals surface area contributed by atoms with E-state index in [2.05, 4.69) is 54.3 Å². The lowest BCUT2D eigenvalue weighted by Gasteiger charge is -2.24. The van der Waals surface area contributed by atoms with Crippen LogP contribution in [0.1, 0.15) is 37.3 Å². The van der Waals surface area contributed by atoms with E-state index in [1.54, 1.807) is 0 Å². The van der Waals surface area contributed by atoms with Crippen LogP contribution < -0.4 is 0 Å². The SMILES string of the molecule is CCC/C=C1/C[C@H](Cc2ccccc2)N(Cc2ccccc2)C1=O. The van der Waals surface area contributed by atoms with Crippen LogP contribution in [-0.2, 0) is 17.8 Å². The Kier molecular flexibility index (Phi) is 5.47. The van der Waals surface area contributed by atoms with Gasteiger partial charge in [0.2, 0.25) is 5.91 Å². The summed E-state index contributed by atoms with van der Waals surface area (Å²) in [6, 6.07) is 21.0. The van der Waals surface area contributed by atoms with Crippen LogP contribution in [0.25, 0.3) is 0 Å². The molecule has 124 valence electrons.